The van der Waals surface area contributed by atoms with Gasteiger partial charge >= 0.3 is 8.25 Å². The first-order chi connectivity index (χ1) is 3.81. The van der Waals surface area contributed by atoms with Gasteiger partial charge in [0.25, 0.3) is 0 Å². The molecule has 0 fully saturated rings. The van der Waals surface area contributed by atoms with Crippen LogP contribution in [0.5, 0.6) is 0 Å². The summed E-state index contributed by atoms with van der Waals surface area (Å²) in [6, 6.07) is 0. The van der Waals surface area contributed by atoms with E-state index in [0.717, 1.165) is 0 Å². The van der Waals surface area contributed by atoms with Crippen molar-refractivity contribution in [1.29, 1.82) is 0 Å². The fraction of sp³-hybridized carbons (Fsp3) is 1.00. The Morgan fingerprint density at radius 3 is 2.88 bits per heavy atom. The normalized spacial score (nSPS) is 11.5. The van der Waals surface area contributed by atoms with Gasteiger partial charge in [0.05, 0.1) is 4.67 Å². The lowest BCUT2D eigenvalue weighted by molar-refractivity contribution is -0.142. The maximum absolute atomic E-state index is 9.98. The second kappa shape index (κ2) is 5.08. The van der Waals surface area contributed by atoms with Crippen LogP contribution in [0.25, 0.3) is 0 Å². The molecule has 0 aromatic carbocycles. The lowest BCUT2D eigenvalue weighted by atomic mass is 11.2. The van der Waals surface area contributed by atoms with E-state index in [1.54, 1.807) is 7.05 Å². The summed E-state index contributed by atoms with van der Waals surface area (Å²) in [5, 5.41) is 10.2. The zero-order chi connectivity index (χ0) is 6.41. The van der Waals surface area contributed by atoms with Crippen molar-refractivity contribution in [2.75, 3.05) is 13.8 Å². The predicted molar refractivity (Wildman–Crippen MR) is 26.3 cm³/mol. The van der Waals surface area contributed by atoms with Crippen molar-refractivity contribution in [2.24, 2.45) is 0 Å². The molecule has 1 atom stereocenters. The second-order valence-electron chi connectivity index (χ2n) is 0.932. The molecule has 0 aromatic heterocycles. The summed E-state index contributed by atoms with van der Waals surface area (Å²) in [4.78, 5) is 0. The van der Waals surface area contributed by atoms with Crippen molar-refractivity contribution < 1.29 is 19.0 Å². The highest BCUT2D eigenvalue weighted by molar-refractivity contribution is 7.33. The van der Waals surface area contributed by atoms with E-state index in [-0.39, 0.29) is 6.73 Å². The van der Waals surface area contributed by atoms with Crippen molar-refractivity contribution in [3.63, 3.8) is 0 Å². The molecule has 0 aromatic rings. The summed E-state index contributed by atoms with van der Waals surface area (Å²) in [7, 11) is -0.730. The standard InChI is InChI=1S/C2H6NO4P/c1-3-2-6-8(5)7-4/h3H,2H2,1H3/p+1. The van der Waals surface area contributed by atoms with Crippen molar-refractivity contribution in [3.05, 3.63) is 0 Å². The molecule has 0 aliphatic rings. The zero-order valence-corrected chi connectivity index (χ0v) is 5.22. The third-order valence-electron chi connectivity index (χ3n) is 0.381. The molecule has 0 radical (unpaired) electrons. The molecule has 0 aliphatic carbocycles. The minimum absolute atomic E-state index is 0.0930. The Balaban J connectivity index is 2.99. The summed E-state index contributed by atoms with van der Waals surface area (Å²) < 4.78 is 17.5. The molecule has 8 heavy (non-hydrogen) atoms. The van der Waals surface area contributed by atoms with E-state index in [9.17, 15) is 4.57 Å². The van der Waals surface area contributed by atoms with E-state index in [2.05, 4.69) is 14.5 Å². The van der Waals surface area contributed by atoms with Crippen molar-refractivity contribution in [2.45, 2.75) is 0 Å². The van der Waals surface area contributed by atoms with Gasteiger partial charge in [0.1, 0.15) is 0 Å². The smallest absolute Gasteiger partial charge is 0.294 e. The molecule has 0 aliphatic heterocycles. The van der Waals surface area contributed by atoms with Crippen LogP contribution in [-0.2, 0) is 13.8 Å². The molecule has 0 rings (SSSR count). The lowest BCUT2D eigenvalue weighted by Gasteiger charge is -1.82. The summed E-state index contributed by atoms with van der Waals surface area (Å²) >= 11 is 0. The van der Waals surface area contributed by atoms with Gasteiger partial charge in [-0.05, 0) is 7.05 Å². The van der Waals surface area contributed by atoms with E-state index in [1.165, 1.54) is 0 Å². The molecule has 0 saturated heterocycles. The fourth-order valence-electron chi connectivity index (χ4n) is 0.141. The Morgan fingerprint density at radius 1 is 1.88 bits per heavy atom. The van der Waals surface area contributed by atoms with Crippen molar-refractivity contribution in [1.82, 2.24) is 5.32 Å². The average Bonchev–Trinajstić information content (AvgIpc) is 1.83. The summed E-state index contributed by atoms with van der Waals surface area (Å²) in [6.45, 7) is 0.0930. The molecule has 48 valence electrons. The number of hydrogen-bond acceptors (Lipinski definition) is 5. The Morgan fingerprint density at radius 2 is 2.50 bits per heavy atom. The van der Waals surface area contributed by atoms with Crippen LogP contribution in [0.1, 0.15) is 0 Å². The topological polar surface area (TPSA) is 67.8 Å². The zero-order valence-electron chi connectivity index (χ0n) is 4.33. The van der Waals surface area contributed by atoms with Gasteiger partial charge in [0.15, 0.2) is 6.73 Å². The van der Waals surface area contributed by atoms with Crippen LogP contribution in [-0.4, -0.2) is 19.0 Å². The van der Waals surface area contributed by atoms with Crippen LogP contribution in [0.2, 0.25) is 0 Å². The maximum Gasteiger partial charge on any atom is 0.729 e. The molecule has 1 unspecified atom stereocenters. The molecule has 2 N–H and O–H groups in total. The summed E-state index contributed by atoms with van der Waals surface area (Å²) in [6.07, 6.45) is 0. The first kappa shape index (κ1) is 7.94. The Hall–Kier alpha value is -0.0600. The highest BCUT2D eigenvalue weighted by atomic mass is 31.1. The maximum atomic E-state index is 9.98. The molecular formula is C2H7NO4P+. The molecule has 0 saturated carbocycles. The van der Waals surface area contributed by atoms with Crippen LogP contribution in [0.3, 0.4) is 0 Å². The van der Waals surface area contributed by atoms with E-state index >= 15 is 0 Å². The molecule has 0 amide bonds. The van der Waals surface area contributed by atoms with Gasteiger partial charge in [0.2, 0.25) is 0 Å². The van der Waals surface area contributed by atoms with Gasteiger partial charge in [-0.3, -0.25) is 5.32 Å². The summed E-state index contributed by atoms with van der Waals surface area (Å²) in [5.74, 6) is 0. The Kier molecular flexibility index (Phi) is 5.05. The third kappa shape index (κ3) is 4.11. The van der Waals surface area contributed by atoms with Crippen LogP contribution in [0.4, 0.5) is 0 Å². The highest BCUT2D eigenvalue weighted by Gasteiger charge is 2.17. The van der Waals surface area contributed by atoms with Gasteiger partial charge in [0, 0.05) is 4.57 Å². The largest absolute Gasteiger partial charge is 0.729 e. The van der Waals surface area contributed by atoms with E-state index in [0.29, 0.717) is 0 Å². The van der Waals surface area contributed by atoms with Crippen LogP contribution < -0.4 is 5.32 Å². The van der Waals surface area contributed by atoms with Crippen LogP contribution in [0, 0.1) is 0 Å². The van der Waals surface area contributed by atoms with Gasteiger partial charge in [-0.25, -0.2) is 5.26 Å². The average molecular weight is 140 g/mol. The fourth-order valence-corrected chi connectivity index (χ4v) is 0.422. The molecule has 0 bridgehead atoms. The van der Waals surface area contributed by atoms with E-state index in [4.69, 9.17) is 5.26 Å². The van der Waals surface area contributed by atoms with Gasteiger partial charge in [-0.15, -0.1) is 4.52 Å². The molecule has 5 nitrogen and oxygen atoms in total. The highest BCUT2D eigenvalue weighted by Crippen LogP contribution is 2.19. The number of rotatable bonds is 4. The molecule has 0 heterocycles. The first-order valence-electron chi connectivity index (χ1n) is 1.87. The van der Waals surface area contributed by atoms with E-state index < -0.39 is 8.25 Å². The first-order valence-corrected chi connectivity index (χ1v) is 2.97. The Labute approximate surface area is 47.5 Å². The summed E-state index contributed by atoms with van der Waals surface area (Å²) in [5.41, 5.74) is 0. The van der Waals surface area contributed by atoms with Gasteiger partial charge in [-0.1, -0.05) is 0 Å². The SMILES string of the molecule is CNCO[P+](=O)OO. The number of nitrogens with one attached hydrogen (secondary N) is 1. The molecule has 6 heteroatoms. The minimum Gasteiger partial charge on any atom is -0.294 e. The lowest BCUT2D eigenvalue weighted by Crippen LogP contribution is -2.07. The van der Waals surface area contributed by atoms with Gasteiger partial charge < -0.3 is 0 Å². The quantitative estimate of drug-likeness (QED) is 0.255. The van der Waals surface area contributed by atoms with Crippen molar-refractivity contribution >= 4 is 8.25 Å². The Bertz CT molecular complexity index is 76.4. The molecular weight excluding hydrogens is 133 g/mol. The number of hydrogen-bond donors (Lipinski definition) is 2. The van der Waals surface area contributed by atoms with E-state index in [1.807, 2.05) is 0 Å². The minimum atomic E-state index is -2.34. The molecule has 0 spiro atoms. The second-order valence-corrected chi connectivity index (χ2v) is 1.80. The van der Waals surface area contributed by atoms with Crippen LogP contribution >= 0.6 is 8.25 Å². The van der Waals surface area contributed by atoms with Crippen LogP contribution in [0.15, 0.2) is 0 Å². The third-order valence-corrected chi connectivity index (χ3v) is 0.854. The monoisotopic (exact) mass is 140 g/mol. The van der Waals surface area contributed by atoms with Crippen molar-refractivity contribution in [3.8, 4) is 0 Å². The predicted octanol–water partition coefficient (Wildman–Crippen LogP) is 0.327. The van der Waals surface area contributed by atoms with Gasteiger partial charge in [-0.2, -0.15) is 0 Å².